The normalized spacial score (nSPS) is 27.8. The molecule has 0 aromatic heterocycles. The van der Waals surface area contributed by atoms with E-state index in [1.54, 1.807) is 0 Å². The van der Waals surface area contributed by atoms with E-state index in [0.717, 1.165) is 77.0 Å². The third kappa shape index (κ3) is 24.0. The molecule has 2 aliphatic heterocycles. The molecule has 14 heteroatoms. The molecule has 0 aromatic carbocycles. The average molecular weight is 900 g/mol. The number of hydrogen-bond acceptors (Lipinski definition) is 13. The Bertz CT molecular complexity index is 1200. The molecule has 63 heavy (non-hydrogen) atoms. The van der Waals surface area contributed by atoms with Crippen LogP contribution in [0.2, 0.25) is 0 Å². The molecule has 2 fully saturated rings. The van der Waals surface area contributed by atoms with Crippen LogP contribution in [0.5, 0.6) is 0 Å². The highest BCUT2D eigenvalue weighted by Gasteiger charge is 2.51. The molecule has 1 amide bonds. The Morgan fingerprint density at radius 3 is 1.60 bits per heavy atom. The number of carbonyl (C=O) groups is 1. The quantitative estimate of drug-likeness (QED) is 0.0261. The number of hydrogen-bond donors (Lipinski definition) is 9. The monoisotopic (exact) mass is 900 g/mol. The Kier molecular flexibility index (Phi) is 33.1. The largest absolute Gasteiger partial charge is 0.394 e. The summed E-state index contributed by atoms with van der Waals surface area (Å²) in [6, 6.07) is -0.832. The molecule has 12 atom stereocenters. The number of allylic oxidation sites excluding steroid dienone is 6. The smallest absolute Gasteiger partial charge is 0.220 e. The van der Waals surface area contributed by atoms with Crippen LogP contribution in [0.1, 0.15) is 174 Å². The Balaban J connectivity index is 1.78. The molecule has 12 unspecified atom stereocenters. The van der Waals surface area contributed by atoms with E-state index in [2.05, 4.69) is 55.6 Å². The van der Waals surface area contributed by atoms with Crippen molar-refractivity contribution in [1.82, 2.24) is 5.32 Å². The van der Waals surface area contributed by atoms with Gasteiger partial charge in [-0.3, -0.25) is 4.79 Å². The minimum atomic E-state index is -1.78. The first kappa shape index (κ1) is 57.3. The molecule has 0 spiro atoms. The minimum absolute atomic E-state index is 0.224. The maximum atomic E-state index is 13.1. The highest BCUT2D eigenvalue weighted by Crippen LogP contribution is 2.30. The zero-order valence-corrected chi connectivity index (χ0v) is 38.8. The van der Waals surface area contributed by atoms with E-state index in [-0.39, 0.29) is 18.9 Å². The molecule has 2 aliphatic rings. The lowest BCUT2D eigenvalue weighted by Gasteiger charge is -2.46. The van der Waals surface area contributed by atoms with Crippen LogP contribution < -0.4 is 5.32 Å². The topological polar surface area (TPSA) is 228 Å². The van der Waals surface area contributed by atoms with E-state index >= 15 is 0 Å². The summed E-state index contributed by atoms with van der Waals surface area (Å²) in [5.74, 6) is -0.224. The van der Waals surface area contributed by atoms with Crippen molar-refractivity contribution < 1.29 is 64.6 Å². The van der Waals surface area contributed by atoms with Crippen molar-refractivity contribution in [3.8, 4) is 0 Å². The number of unbranched alkanes of at least 4 members (excludes halogenated alkanes) is 18. The fourth-order valence-corrected chi connectivity index (χ4v) is 8.01. The lowest BCUT2D eigenvalue weighted by atomic mass is 9.97. The summed E-state index contributed by atoms with van der Waals surface area (Å²) in [6.07, 6.45) is 23.1. The second kappa shape index (κ2) is 36.3. The van der Waals surface area contributed by atoms with Crippen LogP contribution in [0.15, 0.2) is 36.5 Å². The zero-order valence-electron chi connectivity index (χ0n) is 38.8. The van der Waals surface area contributed by atoms with Crippen LogP contribution in [-0.2, 0) is 23.7 Å². The first-order valence-electron chi connectivity index (χ1n) is 24.7. The van der Waals surface area contributed by atoms with Crippen LogP contribution in [0.3, 0.4) is 0 Å². The summed E-state index contributed by atoms with van der Waals surface area (Å²) >= 11 is 0. The molecule has 0 aromatic rings. The lowest BCUT2D eigenvalue weighted by Crippen LogP contribution is -2.65. The number of nitrogens with one attached hydrogen (secondary N) is 1. The number of amides is 1. The SMILES string of the molecule is CCCCCCC/C=C\C/C=C\C/C=C\CCCCCCCCC(=O)NC(COC1OC(CO)C(OC2OC(CO)C(O)C(O)C2O)C(O)C1O)C(O)CCCCCCCCCC. The molecule has 368 valence electrons. The maximum Gasteiger partial charge on any atom is 0.220 e. The van der Waals surface area contributed by atoms with Crippen LogP contribution in [0.25, 0.3) is 0 Å². The molecular weight excluding hydrogens is 811 g/mol. The molecule has 2 rings (SSSR count). The third-order valence-corrected chi connectivity index (χ3v) is 12.1. The van der Waals surface area contributed by atoms with Gasteiger partial charge in [-0.15, -0.1) is 0 Å². The Morgan fingerprint density at radius 1 is 0.571 bits per heavy atom. The van der Waals surface area contributed by atoms with Crippen LogP contribution in [0.4, 0.5) is 0 Å². The van der Waals surface area contributed by atoms with E-state index in [4.69, 9.17) is 18.9 Å². The van der Waals surface area contributed by atoms with Gasteiger partial charge < -0.3 is 65.1 Å². The fourth-order valence-electron chi connectivity index (χ4n) is 8.01. The summed E-state index contributed by atoms with van der Waals surface area (Å²) in [5.41, 5.74) is 0. The fraction of sp³-hybridized carbons (Fsp3) is 0.857. The molecule has 14 nitrogen and oxygen atoms in total. The van der Waals surface area contributed by atoms with Crippen molar-refractivity contribution in [3.05, 3.63) is 36.5 Å². The first-order valence-corrected chi connectivity index (χ1v) is 24.7. The second-order valence-corrected chi connectivity index (χ2v) is 17.6. The number of rotatable bonds is 37. The summed E-state index contributed by atoms with van der Waals surface area (Å²) in [4.78, 5) is 13.1. The van der Waals surface area contributed by atoms with Gasteiger partial charge in [0.05, 0.1) is 32.0 Å². The van der Waals surface area contributed by atoms with Gasteiger partial charge in [-0.25, -0.2) is 0 Å². The summed E-state index contributed by atoms with van der Waals surface area (Å²) in [6.45, 7) is 2.77. The average Bonchev–Trinajstić information content (AvgIpc) is 3.28. The first-order chi connectivity index (χ1) is 30.6. The minimum Gasteiger partial charge on any atom is -0.394 e. The third-order valence-electron chi connectivity index (χ3n) is 12.1. The van der Waals surface area contributed by atoms with Gasteiger partial charge >= 0.3 is 0 Å². The molecule has 2 heterocycles. The number of carbonyl (C=O) groups excluding carboxylic acids is 1. The van der Waals surface area contributed by atoms with Gasteiger partial charge in [0.15, 0.2) is 12.6 Å². The number of aliphatic hydroxyl groups excluding tert-OH is 8. The molecule has 0 radical (unpaired) electrons. The van der Waals surface area contributed by atoms with E-state index < -0.39 is 86.8 Å². The number of ether oxygens (including phenoxy) is 4. The summed E-state index contributed by atoms with van der Waals surface area (Å²) in [5, 5.41) is 86.6. The van der Waals surface area contributed by atoms with Crippen molar-refractivity contribution in [2.24, 2.45) is 0 Å². The molecule has 0 aliphatic carbocycles. The van der Waals surface area contributed by atoms with Crippen molar-refractivity contribution in [2.45, 2.75) is 248 Å². The van der Waals surface area contributed by atoms with Crippen molar-refractivity contribution in [2.75, 3.05) is 19.8 Å². The van der Waals surface area contributed by atoms with Crippen molar-refractivity contribution in [3.63, 3.8) is 0 Å². The summed E-state index contributed by atoms with van der Waals surface area (Å²) in [7, 11) is 0. The predicted octanol–water partition coefficient (Wildman–Crippen LogP) is 5.93. The molecule has 9 N–H and O–H groups in total. The summed E-state index contributed by atoms with van der Waals surface area (Å²) < 4.78 is 22.7. The second-order valence-electron chi connectivity index (χ2n) is 17.6. The van der Waals surface area contributed by atoms with Crippen LogP contribution in [0, 0.1) is 0 Å². The van der Waals surface area contributed by atoms with E-state index in [1.165, 1.54) is 64.2 Å². The predicted molar refractivity (Wildman–Crippen MR) is 244 cm³/mol. The molecular formula is C49H89NO13. The van der Waals surface area contributed by atoms with Gasteiger partial charge in [0.25, 0.3) is 0 Å². The molecule has 0 saturated carbocycles. The maximum absolute atomic E-state index is 13.1. The van der Waals surface area contributed by atoms with Gasteiger partial charge in [0.2, 0.25) is 5.91 Å². The van der Waals surface area contributed by atoms with Gasteiger partial charge in [-0.05, 0) is 51.4 Å². The Morgan fingerprint density at radius 2 is 1.05 bits per heavy atom. The highest BCUT2D eigenvalue weighted by molar-refractivity contribution is 5.76. The zero-order chi connectivity index (χ0) is 46.1. The van der Waals surface area contributed by atoms with Crippen LogP contribution >= 0.6 is 0 Å². The Hall–Kier alpha value is -1.79. The van der Waals surface area contributed by atoms with Crippen molar-refractivity contribution >= 4 is 5.91 Å². The number of aliphatic hydroxyl groups is 8. The van der Waals surface area contributed by atoms with Gasteiger partial charge in [0, 0.05) is 6.42 Å². The molecule has 0 bridgehead atoms. The lowest BCUT2D eigenvalue weighted by molar-refractivity contribution is -0.359. The van der Waals surface area contributed by atoms with E-state index in [0.29, 0.717) is 12.8 Å². The van der Waals surface area contributed by atoms with Crippen molar-refractivity contribution in [1.29, 1.82) is 0 Å². The van der Waals surface area contributed by atoms with Gasteiger partial charge in [0.1, 0.15) is 48.8 Å². The van der Waals surface area contributed by atoms with Gasteiger partial charge in [-0.1, -0.05) is 153 Å². The van der Waals surface area contributed by atoms with E-state index in [9.17, 15) is 45.6 Å². The highest BCUT2D eigenvalue weighted by atomic mass is 16.7. The Labute approximate surface area is 379 Å². The van der Waals surface area contributed by atoms with E-state index in [1.807, 2.05) is 0 Å². The van der Waals surface area contributed by atoms with Gasteiger partial charge in [-0.2, -0.15) is 0 Å². The standard InChI is InChI=1S/C49H89NO13/c1-3-5-7-9-11-13-14-15-16-17-18-19-20-21-22-23-24-25-27-29-31-33-41(54)50-37(38(53)32-30-28-26-12-10-8-6-4-2)36-60-48-46(59)44(57)47(40(35-52)62-48)63-49-45(58)43(56)42(55)39(34-51)61-49/h14-15,17-18,20-21,37-40,42-49,51-53,55-59H,3-13,16,19,22-36H2,1-2H3,(H,50,54)/b15-14-,18-17-,21-20-. The van der Waals surface area contributed by atoms with Crippen LogP contribution in [-0.4, -0.2) is 140 Å². The molecule has 2 saturated heterocycles.